The van der Waals surface area contributed by atoms with Crippen LogP contribution in [-0.2, 0) is 10.2 Å². The first-order valence-corrected chi connectivity index (χ1v) is 5.81. The predicted octanol–water partition coefficient (Wildman–Crippen LogP) is 2.68. The van der Waals surface area contributed by atoms with Crippen LogP contribution in [0.15, 0.2) is 18.5 Å². The van der Waals surface area contributed by atoms with E-state index in [1.807, 2.05) is 13.0 Å². The summed E-state index contributed by atoms with van der Waals surface area (Å²) in [6.07, 6.45) is 8.12. The van der Waals surface area contributed by atoms with Crippen molar-refractivity contribution < 1.29 is 9.90 Å². The van der Waals surface area contributed by atoms with E-state index in [0.717, 1.165) is 43.2 Å². The first kappa shape index (κ1) is 11.1. The van der Waals surface area contributed by atoms with E-state index in [9.17, 15) is 9.90 Å². The summed E-state index contributed by atoms with van der Waals surface area (Å²) in [5, 5.41) is 9.51. The summed E-state index contributed by atoms with van der Waals surface area (Å²) in [7, 11) is 0. The predicted molar refractivity (Wildman–Crippen MR) is 61.4 cm³/mol. The summed E-state index contributed by atoms with van der Waals surface area (Å²) in [6, 6.07) is 1.96. The second-order valence-electron chi connectivity index (χ2n) is 4.70. The molecule has 0 aromatic carbocycles. The third kappa shape index (κ3) is 1.82. The Balaban J connectivity index is 2.42. The normalized spacial score (nSPS) is 19.3. The molecule has 0 bridgehead atoms. The van der Waals surface area contributed by atoms with E-state index >= 15 is 0 Å². The Morgan fingerprint density at radius 1 is 1.31 bits per heavy atom. The maximum Gasteiger partial charge on any atom is 0.314 e. The number of carboxylic acid groups (broad SMARTS) is 1. The fraction of sp³-hybridized carbons (Fsp3) is 0.538. The van der Waals surface area contributed by atoms with Crippen molar-refractivity contribution in [2.45, 2.75) is 44.4 Å². The van der Waals surface area contributed by atoms with Crippen LogP contribution in [0.3, 0.4) is 0 Å². The van der Waals surface area contributed by atoms with Crippen LogP contribution < -0.4 is 0 Å². The third-order valence-corrected chi connectivity index (χ3v) is 3.54. The molecule has 1 aliphatic rings. The van der Waals surface area contributed by atoms with Gasteiger partial charge in [-0.2, -0.15) is 0 Å². The van der Waals surface area contributed by atoms with Gasteiger partial charge in [-0.15, -0.1) is 0 Å². The molecule has 0 radical (unpaired) electrons. The van der Waals surface area contributed by atoms with Gasteiger partial charge in [-0.05, 0) is 30.9 Å². The summed E-state index contributed by atoms with van der Waals surface area (Å²) in [5.74, 6) is -0.695. The third-order valence-electron chi connectivity index (χ3n) is 3.54. The largest absolute Gasteiger partial charge is 0.481 e. The highest BCUT2D eigenvalue weighted by Crippen LogP contribution is 2.39. The molecule has 16 heavy (non-hydrogen) atoms. The molecule has 0 atom stereocenters. The number of aryl methyl sites for hydroxylation is 1. The maximum atomic E-state index is 11.6. The van der Waals surface area contributed by atoms with E-state index < -0.39 is 11.4 Å². The second kappa shape index (κ2) is 4.24. The second-order valence-corrected chi connectivity index (χ2v) is 4.70. The van der Waals surface area contributed by atoms with Crippen molar-refractivity contribution in [3.05, 3.63) is 29.6 Å². The van der Waals surface area contributed by atoms with Gasteiger partial charge >= 0.3 is 5.97 Å². The van der Waals surface area contributed by atoms with Crippen LogP contribution in [0, 0.1) is 6.92 Å². The fourth-order valence-corrected chi connectivity index (χ4v) is 2.60. The van der Waals surface area contributed by atoms with Crippen LogP contribution in [0.25, 0.3) is 0 Å². The number of carboxylic acids is 1. The van der Waals surface area contributed by atoms with Crippen LogP contribution in [0.5, 0.6) is 0 Å². The molecule has 3 heteroatoms. The van der Waals surface area contributed by atoms with Crippen molar-refractivity contribution >= 4 is 5.97 Å². The molecule has 0 spiro atoms. The zero-order valence-corrected chi connectivity index (χ0v) is 9.57. The van der Waals surface area contributed by atoms with E-state index in [2.05, 4.69) is 4.98 Å². The number of aromatic nitrogens is 1. The zero-order chi connectivity index (χ0) is 11.6. The van der Waals surface area contributed by atoms with Crippen molar-refractivity contribution in [2.24, 2.45) is 0 Å². The highest BCUT2D eigenvalue weighted by Gasteiger charge is 2.41. The maximum absolute atomic E-state index is 11.6. The van der Waals surface area contributed by atoms with E-state index in [1.165, 1.54) is 0 Å². The zero-order valence-electron chi connectivity index (χ0n) is 9.57. The smallest absolute Gasteiger partial charge is 0.314 e. The highest BCUT2D eigenvalue weighted by molar-refractivity contribution is 5.81. The molecule has 1 aromatic heterocycles. The Kier molecular flexibility index (Phi) is 2.95. The van der Waals surface area contributed by atoms with E-state index in [1.54, 1.807) is 12.4 Å². The molecule has 1 aromatic rings. The molecular weight excluding hydrogens is 202 g/mol. The summed E-state index contributed by atoms with van der Waals surface area (Å²) in [5.41, 5.74) is 1.22. The highest BCUT2D eigenvalue weighted by atomic mass is 16.4. The average Bonchev–Trinajstić information content (AvgIpc) is 2.30. The van der Waals surface area contributed by atoms with E-state index in [4.69, 9.17) is 0 Å². The Morgan fingerprint density at radius 2 is 2.00 bits per heavy atom. The van der Waals surface area contributed by atoms with Gasteiger partial charge in [0.1, 0.15) is 0 Å². The van der Waals surface area contributed by atoms with Gasteiger partial charge < -0.3 is 5.11 Å². The average molecular weight is 219 g/mol. The number of pyridine rings is 1. The van der Waals surface area contributed by atoms with Crippen molar-refractivity contribution in [1.82, 2.24) is 4.98 Å². The van der Waals surface area contributed by atoms with Gasteiger partial charge in [0, 0.05) is 12.4 Å². The summed E-state index contributed by atoms with van der Waals surface area (Å²) in [4.78, 5) is 15.7. The minimum atomic E-state index is -0.695. The van der Waals surface area contributed by atoms with Gasteiger partial charge in [0.25, 0.3) is 0 Å². The number of nitrogens with zero attached hydrogens (tertiary/aromatic N) is 1. The number of hydrogen-bond donors (Lipinski definition) is 1. The molecule has 1 saturated carbocycles. The molecule has 0 aliphatic heterocycles. The standard InChI is InChI=1S/C13H17NO2/c1-10-7-11(9-14-8-10)13(12(15)16)5-3-2-4-6-13/h7-9H,2-6H2,1H3,(H,15,16). The topological polar surface area (TPSA) is 50.2 Å². The molecule has 0 saturated heterocycles. The molecule has 0 amide bonds. The molecular formula is C13H17NO2. The lowest BCUT2D eigenvalue weighted by molar-refractivity contribution is -0.145. The molecule has 86 valence electrons. The lowest BCUT2D eigenvalue weighted by Crippen LogP contribution is -2.37. The van der Waals surface area contributed by atoms with Crippen molar-refractivity contribution in [3.8, 4) is 0 Å². The van der Waals surface area contributed by atoms with Gasteiger partial charge in [-0.1, -0.05) is 25.3 Å². The fourth-order valence-electron chi connectivity index (χ4n) is 2.60. The Morgan fingerprint density at radius 3 is 2.56 bits per heavy atom. The molecule has 1 aliphatic carbocycles. The number of hydrogen-bond acceptors (Lipinski definition) is 2. The molecule has 0 unspecified atom stereocenters. The van der Waals surface area contributed by atoms with Gasteiger partial charge in [-0.3, -0.25) is 9.78 Å². The first-order chi connectivity index (χ1) is 7.65. The minimum absolute atomic E-state index is 0.683. The van der Waals surface area contributed by atoms with Gasteiger partial charge in [0.05, 0.1) is 5.41 Å². The SMILES string of the molecule is Cc1cncc(C2(C(=O)O)CCCCC2)c1. The Hall–Kier alpha value is -1.38. The van der Waals surface area contributed by atoms with Crippen LogP contribution >= 0.6 is 0 Å². The Labute approximate surface area is 95.5 Å². The number of rotatable bonds is 2. The van der Waals surface area contributed by atoms with Crippen molar-refractivity contribution in [3.63, 3.8) is 0 Å². The summed E-state index contributed by atoms with van der Waals surface area (Å²) in [6.45, 7) is 1.95. The lowest BCUT2D eigenvalue weighted by atomic mass is 9.70. The molecule has 1 fully saturated rings. The van der Waals surface area contributed by atoms with Gasteiger partial charge in [0.15, 0.2) is 0 Å². The molecule has 2 rings (SSSR count). The molecule has 3 nitrogen and oxygen atoms in total. The van der Waals surface area contributed by atoms with Crippen LogP contribution in [0.4, 0.5) is 0 Å². The van der Waals surface area contributed by atoms with Crippen molar-refractivity contribution in [2.75, 3.05) is 0 Å². The van der Waals surface area contributed by atoms with Crippen molar-refractivity contribution in [1.29, 1.82) is 0 Å². The number of carbonyl (C=O) groups is 1. The summed E-state index contributed by atoms with van der Waals surface area (Å²) >= 11 is 0. The molecule has 1 N–H and O–H groups in total. The van der Waals surface area contributed by atoms with Crippen LogP contribution in [0.1, 0.15) is 43.2 Å². The Bertz CT molecular complexity index is 395. The monoisotopic (exact) mass is 219 g/mol. The van der Waals surface area contributed by atoms with E-state index in [-0.39, 0.29) is 0 Å². The van der Waals surface area contributed by atoms with E-state index in [0.29, 0.717) is 0 Å². The van der Waals surface area contributed by atoms with Crippen LogP contribution in [-0.4, -0.2) is 16.1 Å². The van der Waals surface area contributed by atoms with Crippen LogP contribution in [0.2, 0.25) is 0 Å². The van der Waals surface area contributed by atoms with Gasteiger partial charge in [-0.25, -0.2) is 0 Å². The molecule has 1 heterocycles. The summed E-state index contributed by atoms with van der Waals surface area (Å²) < 4.78 is 0. The quantitative estimate of drug-likeness (QED) is 0.832. The number of aliphatic carboxylic acids is 1. The lowest BCUT2D eigenvalue weighted by Gasteiger charge is -2.33. The minimum Gasteiger partial charge on any atom is -0.481 e. The van der Waals surface area contributed by atoms with Gasteiger partial charge in [0.2, 0.25) is 0 Å². The first-order valence-electron chi connectivity index (χ1n) is 5.81.